The number of carbonyl (C=O) groups excluding carboxylic acids is 2. The predicted molar refractivity (Wildman–Crippen MR) is 94.0 cm³/mol. The number of carbonyl (C=O) groups is 2. The van der Waals surface area contributed by atoms with E-state index in [1.165, 1.54) is 18.4 Å². The maximum atomic E-state index is 12.7. The smallest absolute Gasteiger partial charge is 0.357 e. The van der Waals surface area contributed by atoms with Crippen LogP contribution in [-0.4, -0.2) is 42.1 Å². The van der Waals surface area contributed by atoms with Crippen LogP contribution >= 0.6 is 11.3 Å². The van der Waals surface area contributed by atoms with Gasteiger partial charge in [-0.2, -0.15) is 0 Å². The molecule has 0 atom stereocenters. The van der Waals surface area contributed by atoms with Crippen molar-refractivity contribution >= 4 is 29.0 Å². The van der Waals surface area contributed by atoms with E-state index in [4.69, 9.17) is 4.74 Å². The van der Waals surface area contributed by atoms with Gasteiger partial charge >= 0.3 is 12.0 Å². The molecular weight excluding hydrogens is 342 g/mol. The van der Waals surface area contributed by atoms with Crippen molar-refractivity contribution in [1.29, 1.82) is 0 Å². The van der Waals surface area contributed by atoms with E-state index in [9.17, 15) is 9.59 Å². The Morgan fingerprint density at radius 1 is 1.32 bits per heavy atom. The Morgan fingerprint density at radius 2 is 2.08 bits per heavy atom. The Kier molecular flexibility index (Phi) is 5.18. The number of benzene rings is 1. The van der Waals surface area contributed by atoms with Crippen molar-refractivity contribution in [1.82, 2.24) is 9.88 Å². The first-order chi connectivity index (χ1) is 12.1. The number of nitrogens with zero attached hydrogens (tertiary/aromatic N) is 2. The molecule has 1 N–H and O–H groups in total. The molecule has 3 rings (SSSR count). The lowest BCUT2D eigenvalue weighted by Crippen LogP contribution is -2.36. The summed E-state index contributed by atoms with van der Waals surface area (Å²) in [6.07, 6.45) is 1.93. The summed E-state index contributed by atoms with van der Waals surface area (Å²) < 4.78 is 9.93. The van der Waals surface area contributed by atoms with Crippen LogP contribution in [0.1, 0.15) is 28.3 Å². The van der Waals surface area contributed by atoms with Crippen LogP contribution in [0.5, 0.6) is 5.75 Å². The fourth-order valence-electron chi connectivity index (χ4n) is 2.42. The Morgan fingerprint density at radius 3 is 2.76 bits per heavy atom. The molecule has 1 fully saturated rings. The highest BCUT2D eigenvalue weighted by atomic mass is 32.1. The average molecular weight is 361 g/mol. The van der Waals surface area contributed by atoms with E-state index < -0.39 is 5.97 Å². The Labute approximate surface area is 149 Å². The lowest BCUT2D eigenvalue weighted by atomic mass is 10.3. The Balaban J connectivity index is 1.71. The van der Waals surface area contributed by atoms with Gasteiger partial charge in [0.2, 0.25) is 0 Å². The molecule has 1 aliphatic carbocycles. The minimum Gasteiger partial charge on any atom is -0.495 e. The normalized spacial score (nSPS) is 13.2. The van der Waals surface area contributed by atoms with Gasteiger partial charge in [0.15, 0.2) is 5.69 Å². The van der Waals surface area contributed by atoms with Gasteiger partial charge < -0.3 is 19.7 Å². The highest BCUT2D eigenvalue weighted by Crippen LogP contribution is 2.31. The number of thiazole rings is 1. The number of para-hydroxylation sites is 2. The average Bonchev–Trinajstić information content (AvgIpc) is 3.37. The minimum absolute atomic E-state index is 0.195. The van der Waals surface area contributed by atoms with Crippen molar-refractivity contribution in [3.05, 3.63) is 40.3 Å². The summed E-state index contributed by atoms with van der Waals surface area (Å²) >= 11 is 1.34. The largest absolute Gasteiger partial charge is 0.495 e. The highest BCUT2D eigenvalue weighted by Gasteiger charge is 2.33. The van der Waals surface area contributed by atoms with Crippen LogP contribution in [-0.2, 0) is 11.3 Å². The lowest BCUT2D eigenvalue weighted by molar-refractivity contribution is 0.0594. The number of methoxy groups -OCH3 is 2. The van der Waals surface area contributed by atoms with Gasteiger partial charge in [0.25, 0.3) is 0 Å². The van der Waals surface area contributed by atoms with E-state index in [-0.39, 0.29) is 17.8 Å². The molecule has 1 aromatic heterocycles. The second kappa shape index (κ2) is 7.52. The lowest BCUT2D eigenvalue weighted by Gasteiger charge is -2.22. The SMILES string of the molecule is COC(=O)c1csc(CN(C(=O)Nc2ccccc2OC)C2CC2)n1. The van der Waals surface area contributed by atoms with Gasteiger partial charge in [0, 0.05) is 11.4 Å². The summed E-state index contributed by atoms with van der Waals surface area (Å²) in [6.45, 7) is 0.354. The number of nitrogens with one attached hydrogen (secondary N) is 1. The van der Waals surface area contributed by atoms with Crippen LogP contribution < -0.4 is 10.1 Å². The zero-order valence-corrected chi connectivity index (χ0v) is 14.8. The molecule has 0 aliphatic heterocycles. The van der Waals surface area contributed by atoms with Crippen molar-refractivity contribution in [3.8, 4) is 5.75 Å². The van der Waals surface area contributed by atoms with E-state index in [0.717, 1.165) is 12.8 Å². The fourth-order valence-corrected chi connectivity index (χ4v) is 3.18. The van der Waals surface area contributed by atoms with E-state index in [0.29, 0.717) is 23.0 Å². The van der Waals surface area contributed by atoms with E-state index in [1.807, 2.05) is 12.1 Å². The number of hydrogen-bond acceptors (Lipinski definition) is 6. The zero-order chi connectivity index (χ0) is 17.8. The van der Waals surface area contributed by atoms with Crippen LogP contribution in [0.2, 0.25) is 0 Å². The van der Waals surface area contributed by atoms with E-state index in [1.54, 1.807) is 29.5 Å². The maximum Gasteiger partial charge on any atom is 0.357 e. The van der Waals surface area contributed by atoms with Crippen molar-refractivity contribution in [2.24, 2.45) is 0 Å². The summed E-state index contributed by atoms with van der Waals surface area (Å²) in [6, 6.07) is 7.25. The Bertz CT molecular complexity index is 773. The van der Waals surface area contributed by atoms with Gasteiger partial charge in [0.1, 0.15) is 10.8 Å². The first-order valence-electron chi connectivity index (χ1n) is 7.85. The third-order valence-corrected chi connectivity index (χ3v) is 4.68. The van der Waals surface area contributed by atoms with Gasteiger partial charge in [-0.3, -0.25) is 0 Å². The standard InChI is InChI=1S/C17H19N3O4S/c1-23-14-6-4-3-5-12(14)19-17(22)20(11-7-8-11)9-15-18-13(10-25-15)16(21)24-2/h3-6,10-11H,7-9H2,1-2H3,(H,19,22). The highest BCUT2D eigenvalue weighted by molar-refractivity contribution is 7.09. The summed E-state index contributed by atoms with van der Waals surface area (Å²) in [4.78, 5) is 30.2. The van der Waals surface area contributed by atoms with Crippen molar-refractivity contribution in [2.75, 3.05) is 19.5 Å². The Hall–Kier alpha value is -2.61. The van der Waals surface area contributed by atoms with Crippen molar-refractivity contribution in [3.63, 3.8) is 0 Å². The molecule has 1 saturated carbocycles. The monoisotopic (exact) mass is 361 g/mol. The van der Waals surface area contributed by atoms with Gasteiger partial charge in [-0.15, -0.1) is 11.3 Å². The third kappa shape index (κ3) is 4.08. The van der Waals surface area contributed by atoms with Gasteiger partial charge in [-0.05, 0) is 25.0 Å². The molecule has 25 heavy (non-hydrogen) atoms. The molecule has 1 aliphatic rings. The number of urea groups is 1. The summed E-state index contributed by atoms with van der Waals surface area (Å²) in [5, 5.41) is 5.23. The summed E-state index contributed by atoms with van der Waals surface area (Å²) in [7, 11) is 2.88. The van der Waals surface area contributed by atoms with Gasteiger partial charge in [0.05, 0.1) is 26.5 Å². The summed E-state index contributed by atoms with van der Waals surface area (Å²) in [5.74, 6) is 0.132. The molecule has 0 saturated heterocycles. The molecule has 2 amide bonds. The van der Waals surface area contributed by atoms with Crippen LogP contribution in [0, 0.1) is 0 Å². The van der Waals surface area contributed by atoms with Crippen LogP contribution in [0.25, 0.3) is 0 Å². The molecule has 8 heteroatoms. The first-order valence-corrected chi connectivity index (χ1v) is 8.73. The quantitative estimate of drug-likeness (QED) is 0.800. The number of anilines is 1. The van der Waals surface area contributed by atoms with E-state index in [2.05, 4.69) is 15.0 Å². The number of rotatable bonds is 6. The molecule has 0 spiro atoms. The molecule has 0 unspecified atom stereocenters. The third-order valence-electron chi connectivity index (χ3n) is 3.85. The number of esters is 1. The number of hydrogen-bond donors (Lipinski definition) is 1. The second-order valence-electron chi connectivity index (χ2n) is 5.61. The topological polar surface area (TPSA) is 80.8 Å². The first kappa shape index (κ1) is 17.2. The maximum absolute atomic E-state index is 12.7. The van der Waals surface area contributed by atoms with E-state index >= 15 is 0 Å². The second-order valence-corrected chi connectivity index (χ2v) is 6.55. The molecular formula is C17H19N3O4S. The predicted octanol–water partition coefficient (Wildman–Crippen LogP) is 3.13. The van der Waals surface area contributed by atoms with Crippen molar-refractivity contribution < 1.29 is 19.1 Å². The fraction of sp³-hybridized carbons (Fsp3) is 0.353. The van der Waals surface area contributed by atoms with Crippen LogP contribution in [0.4, 0.5) is 10.5 Å². The molecule has 2 aromatic rings. The number of amides is 2. The molecule has 7 nitrogen and oxygen atoms in total. The van der Waals surface area contributed by atoms with Gasteiger partial charge in [-0.1, -0.05) is 12.1 Å². The molecule has 0 bridgehead atoms. The van der Waals surface area contributed by atoms with Gasteiger partial charge in [-0.25, -0.2) is 14.6 Å². The molecule has 1 heterocycles. The number of ether oxygens (including phenoxy) is 2. The number of aromatic nitrogens is 1. The van der Waals surface area contributed by atoms with Crippen LogP contribution in [0.15, 0.2) is 29.6 Å². The molecule has 0 radical (unpaired) electrons. The zero-order valence-electron chi connectivity index (χ0n) is 14.0. The minimum atomic E-state index is -0.473. The molecule has 1 aromatic carbocycles. The van der Waals surface area contributed by atoms with Crippen molar-refractivity contribution in [2.45, 2.75) is 25.4 Å². The molecule has 132 valence electrons. The van der Waals surface area contributed by atoms with Crippen LogP contribution in [0.3, 0.4) is 0 Å². The summed E-state index contributed by atoms with van der Waals surface area (Å²) in [5.41, 5.74) is 0.887.